The minimum atomic E-state index is -0.703. The summed E-state index contributed by atoms with van der Waals surface area (Å²) in [6, 6.07) is 8.64. The Kier molecular flexibility index (Phi) is 4.37. The molecule has 1 atom stereocenters. The van der Waals surface area contributed by atoms with E-state index in [0.717, 1.165) is 11.3 Å². The number of benzene rings is 1. The molecule has 0 fully saturated rings. The Labute approximate surface area is 154 Å². The fourth-order valence-corrected chi connectivity index (χ4v) is 2.80. The average Bonchev–Trinajstić information content (AvgIpc) is 3.18. The van der Waals surface area contributed by atoms with Gasteiger partial charge in [0.1, 0.15) is 0 Å². The lowest BCUT2D eigenvalue weighted by atomic mass is 10.0. The van der Waals surface area contributed by atoms with Crippen LogP contribution in [0.2, 0.25) is 0 Å². The van der Waals surface area contributed by atoms with Gasteiger partial charge < -0.3 is 14.6 Å². The van der Waals surface area contributed by atoms with E-state index >= 15 is 0 Å². The fraction of sp³-hybridized carbons (Fsp3) is 0.211. The predicted molar refractivity (Wildman–Crippen MR) is 94.8 cm³/mol. The summed E-state index contributed by atoms with van der Waals surface area (Å²) in [5.41, 5.74) is 2.76. The van der Waals surface area contributed by atoms with Gasteiger partial charge >= 0.3 is 5.97 Å². The number of ether oxygens (including phenoxy) is 1. The Hall–Kier alpha value is -3.55. The first-order chi connectivity index (χ1) is 13.1. The van der Waals surface area contributed by atoms with Crippen molar-refractivity contribution in [2.24, 2.45) is 0 Å². The maximum atomic E-state index is 12.4. The summed E-state index contributed by atoms with van der Waals surface area (Å²) in [6.07, 6.45) is 3.57. The lowest BCUT2D eigenvalue weighted by molar-refractivity contribution is -0.116. The molecule has 1 amide bonds. The molecule has 4 rings (SSSR count). The van der Waals surface area contributed by atoms with E-state index in [1.54, 1.807) is 43.6 Å². The maximum absolute atomic E-state index is 12.4. The highest BCUT2D eigenvalue weighted by molar-refractivity contribution is 5.96. The Balaban J connectivity index is 1.47. The number of nitrogens with one attached hydrogen (secondary N) is 1. The Morgan fingerprint density at radius 1 is 1.30 bits per heavy atom. The zero-order valence-electron chi connectivity index (χ0n) is 14.5. The molecule has 0 saturated carbocycles. The highest BCUT2D eigenvalue weighted by Gasteiger charge is 2.22. The van der Waals surface area contributed by atoms with Gasteiger partial charge in [-0.2, -0.15) is 4.98 Å². The highest BCUT2D eigenvalue weighted by atomic mass is 16.6. The first-order valence-corrected chi connectivity index (χ1v) is 8.48. The van der Waals surface area contributed by atoms with Gasteiger partial charge in [0.05, 0.1) is 5.56 Å². The van der Waals surface area contributed by atoms with Crippen LogP contribution in [0.15, 0.2) is 47.2 Å². The Morgan fingerprint density at radius 2 is 2.19 bits per heavy atom. The van der Waals surface area contributed by atoms with E-state index in [2.05, 4.69) is 20.4 Å². The van der Waals surface area contributed by atoms with Crippen molar-refractivity contribution in [2.75, 3.05) is 5.32 Å². The number of fused-ring (bicyclic) bond motifs is 1. The third-order valence-electron chi connectivity index (χ3n) is 4.23. The second-order valence-electron chi connectivity index (χ2n) is 6.17. The third kappa shape index (κ3) is 3.55. The van der Waals surface area contributed by atoms with Crippen LogP contribution in [-0.4, -0.2) is 27.0 Å². The van der Waals surface area contributed by atoms with E-state index in [1.807, 2.05) is 6.07 Å². The number of carbonyl (C=O) groups is 2. The Bertz CT molecular complexity index is 1000. The smallest absolute Gasteiger partial charge is 0.338 e. The van der Waals surface area contributed by atoms with Crippen LogP contribution in [0.1, 0.15) is 41.3 Å². The molecule has 0 spiro atoms. The first kappa shape index (κ1) is 16.9. The number of aryl methyl sites for hydroxylation is 1. The number of hydrogen-bond donors (Lipinski definition) is 1. The first-order valence-electron chi connectivity index (χ1n) is 8.48. The van der Waals surface area contributed by atoms with Crippen LogP contribution in [0.3, 0.4) is 0 Å². The van der Waals surface area contributed by atoms with E-state index in [4.69, 9.17) is 9.26 Å². The minimum Gasteiger partial charge on any atom is -0.449 e. The summed E-state index contributed by atoms with van der Waals surface area (Å²) < 4.78 is 10.7. The van der Waals surface area contributed by atoms with E-state index in [1.165, 1.54) is 0 Å². The number of carbonyl (C=O) groups excluding carboxylic acids is 2. The topological polar surface area (TPSA) is 107 Å². The second-order valence-corrected chi connectivity index (χ2v) is 6.17. The van der Waals surface area contributed by atoms with Crippen LogP contribution in [-0.2, 0) is 16.0 Å². The molecule has 1 unspecified atom stereocenters. The van der Waals surface area contributed by atoms with Crippen molar-refractivity contribution in [3.05, 3.63) is 59.7 Å². The van der Waals surface area contributed by atoms with Crippen molar-refractivity contribution in [1.29, 1.82) is 0 Å². The molecule has 8 nitrogen and oxygen atoms in total. The Morgan fingerprint density at radius 3 is 3.00 bits per heavy atom. The average molecular weight is 364 g/mol. The molecule has 27 heavy (non-hydrogen) atoms. The molecule has 1 aliphatic heterocycles. The molecular formula is C19H16N4O4. The third-order valence-corrected chi connectivity index (χ3v) is 4.23. The largest absolute Gasteiger partial charge is 0.449 e. The van der Waals surface area contributed by atoms with Gasteiger partial charge in [-0.3, -0.25) is 9.78 Å². The van der Waals surface area contributed by atoms with Gasteiger partial charge in [-0.25, -0.2) is 4.79 Å². The summed E-state index contributed by atoms with van der Waals surface area (Å²) >= 11 is 0. The number of aromatic nitrogens is 3. The van der Waals surface area contributed by atoms with Crippen molar-refractivity contribution < 1.29 is 18.8 Å². The van der Waals surface area contributed by atoms with E-state index in [-0.39, 0.29) is 11.8 Å². The lowest BCUT2D eigenvalue weighted by Crippen LogP contribution is -2.19. The van der Waals surface area contributed by atoms with Crippen LogP contribution >= 0.6 is 0 Å². The van der Waals surface area contributed by atoms with Gasteiger partial charge in [0.2, 0.25) is 11.7 Å². The molecule has 2 aromatic heterocycles. The van der Waals surface area contributed by atoms with Crippen LogP contribution in [0.5, 0.6) is 0 Å². The SMILES string of the molecule is CC(OC(=O)c1ccc2c(c1)CCC(=O)N2)c1nc(-c2cccnc2)no1. The summed E-state index contributed by atoms with van der Waals surface area (Å²) in [4.78, 5) is 32.1. The lowest BCUT2D eigenvalue weighted by Gasteiger charge is -2.17. The zero-order valence-corrected chi connectivity index (χ0v) is 14.5. The molecular weight excluding hydrogens is 348 g/mol. The molecule has 136 valence electrons. The van der Waals surface area contributed by atoms with Gasteiger partial charge in [-0.05, 0) is 49.2 Å². The number of esters is 1. The number of nitrogens with zero attached hydrogens (tertiary/aromatic N) is 3. The predicted octanol–water partition coefficient (Wildman–Crippen LogP) is 2.93. The van der Waals surface area contributed by atoms with E-state index in [0.29, 0.717) is 29.8 Å². The van der Waals surface area contributed by atoms with Crippen molar-refractivity contribution in [3.8, 4) is 11.4 Å². The van der Waals surface area contributed by atoms with Crippen LogP contribution in [0.4, 0.5) is 5.69 Å². The van der Waals surface area contributed by atoms with Gasteiger partial charge in [0.25, 0.3) is 5.89 Å². The van der Waals surface area contributed by atoms with Crippen molar-refractivity contribution in [2.45, 2.75) is 25.9 Å². The monoisotopic (exact) mass is 364 g/mol. The zero-order chi connectivity index (χ0) is 18.8. The van der Waals surface area contributed by atoms with Crippen molar-refractivity contribution >= 4 is 17.6 Å². The number of rotatable bonds is 4. The van der Waals surface area contributed by atoms with Gasteiger partial charge in [-0.15, -0.1) is 0 Å². The summed E-state index contributed by atoms with van der Waals surface area (Å²) in [5, 5.41) is 6.68. The standard InChI is InChI=1S/C19H16N4O4/c1-11(18-22-17(23-27-18)14-3-2-8-20-10-14)26-19(25)13-4-6-15-12(9-13)5-7-16(24)21-15/h2-4,6,8-11H,5,7H2,1H3,(H,21,24). The van der Waals surface area contributed by atoms with Crippen LogP contribution in [0.25, 0.3) is 11.4 Å². The number of anilines is 1. The molecule has 1 aromatic carbocycles. The number of amides is 1. The molecule has 0 aliphatic carbocycles. The van der Waals surface area contributed by atoms with Gasteiger partial charge in [0, 0.05) is 30.1 Å². The van der Waals surface area contributed by atoms with Crippen LogP contribution in [0, 0.1) is 0 Å². The number of hydrogen-bond acceptors (Lipinski definition) is 7. The minimum absolute atomic E-state index is 0.0211. The summed E-state index contributed by atoms with van der Waals surface area (Å²) in [7, 11) is 0. The highest BCUT2D eigenvalue weighted by Crippen LogP contribution is 2.25. The van der Waals surface area contributed by atoms with Crippen LogP contribution < -0.4 is 5.32 Å². The molecule has 1 N–H and O–H groups in total. The molecule has 0 saturated heterocycles. The fourth-order valence-electron chi connectivity index (χ4n) is 2.80. The molecule has 3 aromatic rings. The molecule has 8 heteroatoms. The molecule has 3 heterocycles. The summed E-state index contributed by atoms with van der Waals surface area (Å²) in [6.45, 7) is 1.66. The van der Waals surface area contributed by atoms with Crippen molar-refractivity contribution in [3.63, 3.8) is 0 Å². The second kappa shape index (κ2) is 6.99. The van der Waals surface area contributed by atoms with Gasteiger partial charge in [0.15, 0.2) is 6.10 Å². The van der Waals surface area contributed by atoms with Gasteiger partial charge in [-0.1, -0.05) is 5.16 Å². The normalized spacial score (nSPS) is 14.2. The quantitative estimate of drug-likeness (QED) is 0.709. The number of pyridine rings is 1. The van der Waals surface area contributed by atoms with E-state index < -0.39 is 12.1 Å². The maximum Gasteiger partial charge on any atom is 0.338 e. The molecule has 0 bridgehead atoms. The molecule has 0 radical (unpaired) electrons. The molecule has 1 aliphatic rings. The van der Waals surface area contributed by atoms with Crippen molar-refractivity contribution in [1.82, 2.24) is 15.1 Å². The van der Waals surface area contributed by atoms with E-state index in [9.17, 15) is 9.59 Å². The summed E-state index contributed by atoms with van der Waals surface area (Å²) in [5.74, 6) is 0.0635.